The summed E-state index contributed by atoms with van der Waals surface area (Å²) < 4.78 is 25.4. The van der Waals surface area contributed by atoms with E-state index >= 15 is 0 Å². The third-order valence-corrected chi connectivity index (χ3v) is 2.46. The van der Waals surface area contributed by atoms with Crippen LogP contribution in [0.15, 0.2) is 16.6 Å². The zero-order chi connectivity index (χ0) is 11.6. The van der Waals surface area contributed by atoms with Gasteiger partial charge in [-0.15, -0.1) is 0 Å². The Hall–Kier alpha value is -1.28. The van der Waals surface area contributed by atoms with E-state index in [-0.39, 0.29) is 15.6 Å². The highest BCUT2D eigenvalue weighted by Gasteiger charge is 2.19. The molecule has 0 heterocycles. The zero-order valence-corrected chi connectivity index (χ0v) is 9.31. The van der Waals surface area contributed by atoms with Gasteiger partial charge >= 0.3 is 0 Å². The summed E-state index contributed by atoms with van der Waals surface area (Å²) in [5.74, 6) is -0.457. The number of carbonyl (C=O) groups excluding carboxylic acids is 1. The molecule has 15 heavy (non-hydrogen) atoms. The van der Waals surface area contributed by atoms with Crippen LogP contribution in [0.25, 0.3) is 0 Å². The summed E-state index contributed by atoms with van der Waals surface area (Å²) in [4.78, 5) is 11.1. The van der Waals surface area contributed by atoms with E-state index in [2.05, 4.69) is 15.9 Å². The maximum atomic E-state index is 12.6. The number of carbonyl (C=O) groups is 1. The number of nitriles is 1. The molecule has 0 saturated heterocycles. The van der Waals surface area contributed by atoms with Crippen LogP contribution in [-0.2, 0) is 0 Å². The predicted molar refractivity (Wildman–Crippen MR) is 53.8 cm³/mol. The van der Waals surface area contributed by atoms with Crippen LogP contribution in [0.1, 0.15) is 34.8 Å². The van der Waals surface area contributed by atoms with Gasteiger partial charge in [-0.3, -0.25) is 4.79 Å². The van der Waals surface area contributed by atoms with E-state index in [0.717, 1.165) is 6.07 Å². The highest BCUT2D eigenvalue weighted by Crippen LogP contribution is 2.30. The van der Waals surface area contributed by atoms with Crippen molar-refractivity contribution in [3.05, 3.63) is 33.3 Å². The van der Waals surface area contributed by atoms with Gasteiger partial charge in [0, 0.05) is 15.6 Å². The Kier molecular flexibility index (Phi) is 3.53. The molecule has 1 aromatic rings. The minimum absolute atomic E-state index is 0.0657. The van der Waals surface area contributed by atoms with Crippen molar-refractivity contribution in [2.45, 2.75) is 13.3 Å². The molecule has 0 N–H and O–H groups in total. The average Bonchev–Trinajstić information content (AvgIpc) is 2.15. The van der Waals surface area contributed by atoms with Crippen LogP contribution >= 0.6 is 15.9 Å². The van der Waals surface area contributed by atoms with E-state index in [1.807, 2.05) is 0 Å². The van der Waals surface area contributed by atoms with E-state index in [1.165, 1.54) is 13.0 Å². The lowest BCUT2D eigenvalue weighted by Crippen LogP contribution is -2.02. The number of halogens is 3. The molecule has 1 aromatic carbocycles. The molecule has 0 unspecified atom stereocenters. The number of hydrogen-bond acceptors (Lipinski definition) is 2. The monoisotopic (exact) mass is 273 g/mol. The zero-order valence-electron chi connectivity index (χ0n) is 7.72. The van der Waals surface area contributed by atoms with E-state index in [1.54, 1.807) is 6.07 Å². The molecule has 1 rings (SSSR count). The van der Waals surface area contributed by atoms with Gasteiger partial charge in [-0.2, -0.15) is 5.26 Å². The van der Waals surface area contributed by atoms with Crippen molar-refractivity contribution in [1.29, 1.82) is 5.26 Å². The standard InChI is InChI=1S/C10H6BrF2NO/c1-5(15)9-7(10(12)13)2-6(4-14)3-8(9)11/h2-3,10H,1H3. The lowest BCUT2D eigenvalue weighted by atomic mass is 10.0. The van der Waals surface area contributed by atoms with E-state index in [4.69, 9.17) is 5.26 Å². The molecule has 0 bridgehead atoms. The number of benzene rings is 1. The Labute approximate surface area is 93.6 Å². The van der Waals surface area contributed by atoms with Gasteiger partial charge in [0.05, 0.1) is 11.6 Å². The van der Waals surface area contributed by atoms with Crippen molar-refractivity contribution in [3.8, 4) is 6.07 Å². The SMILES string of the molecule is CC(=O)c1c(Br)cc(C#N)cc1C(F)F. The summed E-state index contributed by atoms with van der Waals surface area (Å²) >= 11 is 3.00. The molecule has 78 valence electrons. The lowest BCUT2D eigenvalue weighted by molar-refractivity contribution is 0.0998. The average molecular weight is 274 g/mol. The maximum Gasteiger partial charge on any atom is 0.264 e. The van der Waals surface area contributed by atoms with Crippen molar-refractivity contribution in [2.24, 2.45) is 0 Å². The molecule has 0 fully saturated rings. The van der Waals surface area contributed by atoms with E-state index in [9.17, 15) is 13.6 Å². The highest BCUT2D eigenvalue weighted by molar-refractivity contribution is 9.10. The molecular formula is C10H6BrF2NO. The number of Topliss-reactive ketones (excluding diaryl/α,β-unsaturated/α-hetero) is 1. The van der Waals surface area contributed by atoms with E-state index < -0.39 is 17.8 Å². The smallest absolute Gasteiger partial charge is 0.264 e. The molecule has 5 heteroatoms. The third kappa shape index (κ3) is 2.39. The quantitative estimate of drug-likeness (QED) is 0.775. The Morgan fingerprint density at radius 1 is 1.53 bits per heavy atom. The topological polar surface area (TPSA) is 40.9 Å². The summed E-state index contributed by atoms with van der Waals surface area (Å²) in [5, 5.41) is 8.60. The van der Waals surface area contributed by atoms with Crippen molar-refractivity contribution < 1.29 is 13.6 Å². The van der Waals surface area contributed by atoms with Gasteiger partial charge in [-0.05, 0) is 35.0 Å². The Morgan fingerprint density at radius 2 is 2.13 bits per heavy atom. The van der Waals surface area contributed by atoms with Gasteiger partial charge in [0.15, 0.2) is 5.78 Å². The molecule has 0 spiro atoms. The maximum absolute atomic E-state index is 12.6. The lowest BCUT2D eigenvalue weighted by Gasteiger charge is -2.08. The van der Waals surface area contributed by atoms with Gasteiger partial charge in [0.25, 0.3) is 6.43 Å². The molecular weight excluding hydrogens is 268 g/mol. The Bertz CT molecular complexity index is 451. The van der Waals surface area contributed by atoms with Crippen molar-refractivity contribution in [1.82, 2.24) is 0 Å². The van der Waals surface area contributed by atoms with Gasteiger partial charge < -0.3 is 0 Å². The van der Waals surface area contributed by atoms with Crippen LogP contribution in [0.3, 0.4) is 0 Å². The molecule has 2 nitrogen and oxygen atoms in total. The molecule has 0 aromatic heterocycles. The normalized spacial score (nSPS) is 10.1. The summed E-state index contributed by atoms with van der Waals surface area (Å²) in [6.45, 7) is 1.21. The third-order valence-electron chi connectivity index (χ3n) is 1.84. The number of nitrogens with zero attached hydrogens (tertiary/aromatic N) is 1. The van der Waals surface area contributed by atoms with Gasteiger partial charge in [-0.1, -0.05) is 0 Å². The highest BCUT2D eigenvalue weighted by atomic mass is 79.9. The number of rotatable bonds is 2. The largest absolute Gasteiger partial charge is 0.294 e. The van der Waals surface area contributed by atoms with Crippen LogP contribution in [0, 0.1) is 11.3 Å². The van der Waals surface area contributed by atoms with Crippen LogP contribution < -0.4 is 0 Å². The van der Waals surface area contributed by atoms with Crippen LogP contribution in [-0.4, -0.2) is 5.78 Å². The van der Waals surface area contributed by atoms with Crippen molar-refractivity contribution >= 4 is 21.7 Å². The Morgan fingerprint density at radius 3 is 2.53 bits per heavy atom. The first-order chi connectivity index (χ1) is 6.97. The first-order valence-corrected chi connectivity index (χ1v) is 4.79. The summed E-state index contributed by atoms with van der Waals surface area (Å²) in [6.07, 6.45) is -2.77. The summed E-state index contributed by atoms with van der Waals surface area (Å²) in [5.41, 5.74) is -0.375. The fourth-order valence-corrected chi connectivity index (χ4v) is 1.99. The number of hydrogen-bond donors (Lipinski definition) is 0. The molecule has 0 atom stereocenters. The summed E-state index contributed by atoms with van der Waals surface area (Å²) in [7, 11) is 0. The molecule has 0 saturated carbocycles. The van der Waals surface area contributed by atoms with Crippen LogP contribution in [0.2, 0.25) is 0 Å². The van der Waals surface area contributed by atoms with E-state index in [0.29, 0.717) is 0 Å². The van der Waals surface area contributed by atoms with Crippen LogP contribution in [0.4, 0.5) is 8.78 Å². The van der Waals surface area contributed by atoms with Crippen molar-refractivity contribution in [2.75, 3.05) is 0 Å². The Balaban J connectivity index is 3.51. The fraction of sp³-hybridized carbons (Fsp3) is 0.200. The molecule has 0 aliphatic carbocycles. The first-order valence-electron chi connectivity index (χ1n) is 4.00. The number of alkyl halides is 2. The minimum atomic E-state index is -2.77. The second kappa shape index (κ2) is 4.49. The van der Waals surface area contributed by atoms with Gasteiger partial charge in [0.2, 0.25) is 0 Å². The molecule has 0 aliphatic heterocycles. The predicted octanol–water partition coefficient (Wildman–Crippen LogP) is 3.46. The second-order valence-corrected chi connectivity index (χ2v) is 3.75. The van der Waals surface area contributed by atoms with Crippen molar-refractivity contribution in [3.63, 3.8) is 0 Å². The molecule has 0 radical (unpaired) electrons. The minimum Gasteiger partial charge on any atom is -0.294 e. The fourth-order valence-electron chi connectivity index (χ4n) is 1.24. The number of ketones is 1. The molecule has 0 aliphatic rings. The second-order valence-electron chi connectivity index (χ2n) is 2.89. The van der Waals surface area contributed by atoms with Crippen LogP contribution in [0.5, 0.6) is 0 Å². The van der Waals surface area contributed by atoms with Gasteiger partial charge in [0.1, 0.15) is 0 Å². The molecule has 0 amide bonds. The van der Waals surface area contributed by atoms with Gasteiger partial charge in [-0.25, -0.2) is 8.78 Å². The first kappa shape index (κ1) is 11.8. The summed E-state index contributed by atoms with van der Waals surface area (Å²) in [6, 6.07) is 4.14.